The normalized spacial score (nSPS) is 14.8. The molecule has 152 valence electrons. The number of benzene rings is 1. The zero-order chi connectivity index (χ0) is 19.9. The maximum absolute atomic E-state index is 5.68. The van der Waals surface area contributed by atoms with Crippen molar-refractivity contribution >= 4 is 33.8 Å². The first-order valence-electron chi connectivity index (χ1n) is 10.7. The van der Waals surface area contributed by atoms with Gasteiger partial charge in [-0.2, -0.15) is 0 Å². The molecule has 1 aliphatic heterocycles. The van der Waals surface area contributed by atoms with E-state index < -0.39 is 0 Å². The Morgan fingerprint density at radius 3 is 2.64 bits per heavy atom. The standard InChI is InChI=1S/C23H34N4S/c1-4-26(5-2)12-6-7-20(28)16-19-8-9-22-21(17-19)18(3)15-23(25-22)27-13-10-24-11-14-27/h8-9,15,17,24H,4-7,10-14,16H2,1-3H3. The molecule has 1 fully saturated rings. The number of thiocarbonyl (C=S) groups is 1. The summed E-state index contributed by atoms with van der Waals surface area (Å²) in [6.45, 7) is 14.1. The molecule has 1 saturated heterocycles. The number of pyridine rings is 1. The average molecular weight is 399 g/mol. The summed E-state index contributed by atoms with van der Waals surface area (Å²) in [5, 5.41) is 4.66. The summed E-state index contributed by atoms with van der Waals surface area (Å²) in [7, 11) is 0. The van der Waals surface area contributed by atoms with Crippen LogP contribution in [0, 0.1) is 6.92 Å². The van der Waals surface area contributed by atoms with Crippen LogP contribution in [0.3, 0.4) is 0 Å². The van der Waals surface area contributed by atoms with Crippen LogP contribution in [0.25, 0.3) is 10.9 Å². The minimum Gasteiger partial charge on any atom is -0.354 e. The van der Waals surface area contributed by atoms with Crippen molar-refractivity contribution in [2.24, 2.45) is 0 Å². The van der Waals surface area contributed by atoms with E-state index >= 15 is 0 Å². The summed E-state index contributed by atoms with van der Waals surface area (Å²) < 4.78 is 0. The second-order valence-corrected chi connectivity index (χ2v) is 8.31. The molecule has 1 aliphatic rings. The van der Waals surface area contributed by atoms with E-state index in [0.29, 0.717) is 0 Å². The largest absolute Gasteiger partial charge is 0.354 e. The molecule has 1 aromatic carbocycles. The average Bonchev–Trinajstić information content (AvgIpc) is 2.72. The van der Waals surface area contributed by atoms with E-state index in [2.05, 4.69) is 60.2 Å². The van der Waals surface area contributed by atoms with E-state index in [1.165, 1.54) is 16.5 Å². The van der Waals surface area contributed by atoms with E-state index in [1.807, 2.05) is 0 Å². The van der Waals surface area contributed by atoms with Crippen molar-refractivity contribution < 1.29 is 0 Å². The number of aromatic nitrogens is 1. The zero-order valence-corrected chi connectivity index (χ0v) is 18.4. The first-order valence-corrected chi connectivity index (χ1v) is 11.1. The summed E-state index contributed by atoms with van der Waals surface area (Å²) in [6, 6.07) is 8.89. The van der Waals surface area contributed by atoms with Crippen molar-refractivity contribution in [3.63, 3.8) is 0 Å². The van der Waals surface area contributed by atoms with Gasteiger partial charge in [-0.1, -0.05) is 32.1 Å². The van der Waals surface area contributed by atoms with E-state index in [0.717, 1.165) is 81.3 Å². The van der Waals surface area contributed by atoms with Gasteiger partial charge in [0.05, 0.1) is 5.52 Å². The monoisotopic (exact) mass is 398 g/mol. The highest BCUT2D eigenvalue weighted by Crippen LogP contribution is 2.24. The van der Waals surface area contributed by atoms with Crippen LogP contribution in [0.5, 0.6) is 0 Å². The maximum Gasteiger partial charge on any atom is 0.129 e. The van der Waals surface area contributed by atoms with Gasteiger partial charge in [-0.15, -0.1) is 0 Å². The molecule has 0 bridgehead atoms. The number of nitrogens with zero attached hydrogens (tertiary/aromatic N) is 3. The van der Waals surface area contributed by atoms with Crippen molar-refractivity contribution in [1.29, 1.82) is 0 Å². The molecular formula is C23H34N4S. The number of hydrogen-bond acceptors (Lipinski definition) is 5. The molecule has 28 heavy (non-hydrogen) atoms. The lowest BCUT2D eigenvalue weighted by molar-refractivity contribution is 0.302. The molecule has 2 heterocycles. The van der Waals surface area contributed by atoms with Gasteiger partial charge in [0.2, 0.25) is 0 Å². The molecule has 4 nitrogen and oxygen atoms in total. The van der Waals surface area contributed by atoms with E-state index in [1.54, 1.807) is 0 Å². The highest BCUT2D eigenvalue weighted by Gasteiger charge is 2.14. The quantitative estimate of drug-likeness (QED) is 0.646. The third-order valence-electron chi connectivity index (χ3n) is 5.73. The Labute approximate surface area is 175 Å². The Balaban J connectivity index is 1.65. The van der Waals surface area contributed by atoms with Crippen molar-refractivity contribution in [3.05, 3.63) is 35.4 Å². The fourth-order valence-electron chi connectivity index (χ4n) is 3.95. The first kappa shape index (κ1) is 21.2. The smallest absolute Gasteiger partial charge is 0.129 e. The van der Waals surface area contributed by atoms with Crippen molar-refractivity contribution in [1.82, 2.24) is 15.2 Å². The predicted octanol–water partition coefficient (Wildman–Crippen LogP) is 3.99. The summed E-state index contributed by atoms with van der Waals surface area (Å²) in [6.07, 6.45) is 3.08. The summed E-state index contributed by atoms with van der Waals surface area (Å²) in [5.41, 5.74) is 3.69. The molecule has 0 amide bonds. The van der Waals surface area contributed by atoms with Gasteiger partial charge in [0.1, 0.15) is 5.82 Å². The molecule has 0 saturated carbocycles. The highest BCUT2D eigenvalue weighted by atomic mass is 32.1. The minimum absolute atomic E-state index is 0.891. The fourth-order valence-corrected chi connectivity index (χ4v) is 4.26. The number of anilines is 1. The molecule has 5 heteroatoms. The number of hydrogen-bond donors (Lipinski definition) is 1. The van der Waals surface area contributed by atoms with Crippen LogP contribution in [0.1, 0.15) is 37.8 Å². The number of fused-ring (bicyclic) bond motifs is 1. The number of nitrogens with one attached hydrogen (secondary N) is 1. The third-order valence-corrected chi connectivity index (χ3v) is 6.08. The van der Waals surface area contributed by atoms with Crippen molar-refractivity contribution in [3.8, 4) is 0 Å². The van der Waals surface area contributed by atoms with Gasteiger partial charge >= 0.3 is 0 Å². The van der Waals surface area contributed by atoms with Gasteiger partial charge in [-0.3, -0.25) is 0 Å². The Kier molecular flexibility index (Phi) is 7.77. The molecule has 0 atom stereocenters. The van der Waals surface area contributed by atoms with Gasteiger partial charge in [-0.25, -0.2) is 4.98 Å². The van der Waals surface area contributed by atoms with Crippen LogP contribution in [-0.4, -0.2) is 60.6 Å². The topological polar surface area (TPSA) is 31.4 Å². The van der Waals surface area contributed by atoms with Gasteiger partial charge in [0.15, 0.2) is 0 Å². The van der Waals surface area contributed by atoms with Crippen LogP contribution >= 0.6 is 12.2 Å². The predicted molar refractivity (Wildman–Crippen MR) is 125 cm³/mol. The zero-order valence-electron chi connectivity index (χ0n) is 17.6. The summed E-state index contributed by atoms with van der Waals surface area (Å²) in [5.74, 6) is 1.10. The van der Waals surface area contributed by atoms with Gasteiger partial charge < -0.3 is 15.1 Å². The molecule has 0 spiro atoms. The second kappa shape index (κ2) is 10.3. The third kappa shape index (κ3) is 5.49. The summed E-state index contributed by atoms with van der Waals surface area (Å²) in [4.78, 5) is 10.9. The Bertz CT molecular complexity index is 795. The molecule has 1 N–H and O–H groups in total. The number of piperazine rings is 1. The fraction of sp³-hybridized carbons (Fsp3) is 0.565. The second-order valence-electron chi connectivity index (χ2n) is 7.73. The van der Waals surface area contributed by atoms with Crippen LogP contribution in [0.2, 0.25) is 0 Å². The maximum atomic E-state index is 5.68. The number of aryl methyl sites for hydroxylation is 1. The Morgan fingerprint density at radius 1 is 1.18 bits per heavy atom. The van der Waals surface area contributed by atoms with Crippen LogP contribution in [0.15, 0.2) is 24.3 Å². The van der Waals surface area contributed by atoms with Crippen molar-refractivity contribution in [2.75, 3.05) is 50.7 Å². The Hall–Kier alpha value is -1.56. The van der Waals surface area contributed by atoms with Gasteiger partial charge in [-0.05, 0) is 73.6 Å². The van der Waals surface area contributed by atoms with E-state index in [9.17, 15) is 0 Å². The minimum atomic E-state index is 0.891. The van der Waals surface area contributed by atoms with Crippen LogP contribution in [0.4, 0.5) is 5.82 Å². The first-order chi connectivity index (χ1) is 13.6. The van der Waals surface area contributed by atoms with E-state index in [4.69, 9.17) is 17.2 Å². The number of rotatable bonds is 9. The SMILES string of the molecule is CCN(CC)CCCC(=S)Cc1ccc2nc(N3CCNCC3)cc(C)c2c1. The molecule has 3 rings (SSSR count). The van der Waals surface area contributed by atoms with E-state index in [-0.39, 0.29) is 0 Å². The molecule has 0 radical (unpaired) electrons. The van der Waals surface area contributed by atoms with Crippen LogP contribution in [-0.2, 0) is 6.42 Å². The van der Waals surface area contributed by atoms with Gasteiger partial charge in [0.25, 0.3) is 0 Å². The lowest BCUT2D eigenvalue weighted by Crippen LogP contribution is -2.43. The lowest BCUT2D eigenvalue weighted by atomic mass is 10.0. The molecular weight excluding hydrogens is 364 g/mol. The van der Waals surface area contributed by atoms with Gasteiger partial charge in [0, 0.05) is 38.0 Å². The molecule has 2 aromatic rings. The lowest BCUT2D eigenvalue weighted by Gasteiger charge is -2.29. The summed E-state index contributed by atoms with van der Waals surface area (Å²) >= 11 is 5.68. The Morgan fingerprint density at radius 2 is 1.93 bits per heavy atom. The molecule has 0 aliphatic carbocycles. The molecule has 1 aromatic heterocycles. The van der Waals surface area contributed by atoms with Crippen LogP contribution < -0.4 is 10.2 Å². The molecule has 0 unspecified atom stereocenters. The van der Waals surface area contributed by atoms with Crippen molar-refractivity contribution in [2.45, 2.75) is 40.0 Å². The highest BCUT2D eigenvalue weighted by molar-refractivity contribution is 7.80.